The highest BCUT2D eigenvalue weighted by Crippen LogP contribution is 2.23. The Morgan fingerprint density at radius 1 is 1.24 bits per heavy atom. The van der Waals surface area contributed by atoms with Crippen LogP contribution in [0.15, 0.2) is 46.3 Å². The number of hydrogen-bond acceptors (Lipinski definition) is 3. The maximum Gasteiger partial charge on any atom is 0.199 e. The topological polar surface area (TPSA) is 26.3 Å². The van der Waals surface area contributed by atoms with Gasteiger partial charge in [0.25, 0.3) is 0 Å². The Hall–Kier alpha value is -0.970. The van der Waals surface area contributed by atoms with Crippen molar-refractivity contribution in [2.24, 2.45) is 0 Å². The lowest BCUT2D eigenvalue weighted by Gasteiger charge is -2.03. The summed E-state index contributed by atoms with van der Waals surface area (Å²) >= 11 is 4.77. The average Bonchev–Trinajstić information content (AvgIpc) is 2.77. The molecule has 0 N–H and O–H groups in total. The SMILES string of the molecule is O=C(COCc1ccccc1)c1sccc1Br. The van der Waals surface area contributed by atoms with Crippen LogP contribution in [0.5, 0.6) is 0 Å². The molecule has 4 heteroatoms. The molecule has 0 aliphatic carbocycles. The third-order valence-electron chi connectivity index (χ3n) is 2.22. The van der Waals surface area contributed by atoms with Crippen molar-refractivity contribution >= 4 is 33.0 Å². The van der Waals surface area contributed by atoms with Crippen LogP contribution in [0.2, 0.25) is 0 Å². The fourth-order valence-corrected chi connectivity index (χ4v) is 2.91. The van der Waals surface area contributed by atoms with Gasteiger partial charge in [-0.1, -0.05) is 30.3 Å². The van der Waals surface area contributed by atoms with Crippen LogP contribution in [-0.4, -0.2) is 12.4 Å². The van der Waals surface area contributed by atoms with Gasteiger partial charge in [-0.25, -0.2) is 0 Å². The zero-order valence-electron chi connectivity index (χ0n) is 9.06. The molecule has 0 spiro atoms. The summed E-state index contributed by atoms with van der Waals surface area (Å²) in [5, 5.41) is 1.88. The van der Waals surface area contributed by atoms with Crippen LogP contribution in [0.4, 0.5) is 0 Å². The van der Waals surface area contributed by atoms with Crippen LogP contribution in [0.1, 0.15) is 15.2 Å². The number of halogens is 1. The summed E-state index contributed by atoms with van der Waals surface area (Å²) in [6.07, 6.45) is 0. The van der Waals surface area contributed by atoms with Crippen molar-refractivity contribution in [3.05, 3.63) is 56.7 Å². The standard InChI is InChI=1S/C13H11BrO2S/c14-11-6-7-17-13(11)12(15)9-16-8-10-4-2-1-3-5-10/h1-7H,8-9H2. The van der Waals surface area contributed by atoms with Crippen molar-refractivity contribution in [2.45, 2.75) is 6.61 Å². The Bertz CT molecular complexity index is 493. The van der Waals surface area contributed by atoms with E-state index in [-0.39, 0.29) is 12.4 Å². The summed E-state index contributed by atoms with van der Waals surface area (Å²) in [7, 11) is 0. The molecule has 0 atom stereocenters. The van der Waals surface area contributed by atoms with Gasteiger partial charge in [-0.05, 0) is 32.9 Å². The van der Waals surface area contributed by atoms with Gasteiger partial charge >= 0.3 is 0 Å². The molecular weight excluding hydrogens is 300 g/mol. The van der Waals surface area contributed by atoms with Crippen LogP contribution in [0.25, 0.3) is 0 Å². The first kappa shape index (κ1) is 12.5. The van der Waals surface area contributed by atoms with Crippen LogP contribution in [-0.2, 0) is 11.3 Å². The molecule has 0 radical (unpaired) electrons. The average molecular weight is 311 g/mol. The number of thiophene rings is 1. The quantitative estimate of drug-likeness (QED) is 0.783. The van der Waals surface area contributed by atoms with Crippen molar-refractivity contribution in [1.82, 2.24) is 0 Å². The van der Waals surface area contributed by atoms with E-state index in [0.29, 0.717) is 6.61 Å². The fraction of sp³-hybridized carbons (Fsp3) is 0.154. The van der Waals surface area contributed by atoms with Gasteiger partial charge in [0, 0.05) is 4.47 Å². The Morgan fingerprint density at radius 2 is 2.00 bits per heavy atom. The lowest BCUT2D eigenvalue weighted by atomic mass is 10.2. The first-order valence-corrected chi connectivity index (χ1v) is 6.82. The second-order valence-electron chi connectivity index (χ2n) is 3.50. The maximum atomic E-state index is 11.8. The van der Waals surface area contributed by atoms with E-state index < -0.39 is 0 Å². The molecule has 1 heterocycles. The first-order chi connectivity index (χ1) is 8.27. The van der Waals surface area contributed by atoms with Crippen LogP contribution in [0.3, 0.4) is 0 Å². The van der Waals surface area contributed by atoms with Gasteiger partial charge in [-0.15, -0.1) is 11.3 Å². The second kappa shape index (κ2) is 6.10. The number of benzene rings is 1. The van der Waals surface area contributed by atoms with Gasteiger partial charge < -0.3 is 4.74 Å². The van der Waals surface area contributed by atoms with Crippen LogP contribution in [0, 0.1) is 0 Å². The van der Waals surface area contributed by atoms with E-state index in [1.165, 1.54) is 11.3 Å². The highest BCUT2D eigenvalue weighted by Gasteiger charge is 2.11. The largest absolute Gasteiger partial charge is 0.369 e. The van der Waals surface area contributed by atoms with Gasteiger partial charge in [0.2, 0.25) is 0 Å². The third kappa shape index (κ3) is 3.49. The highest BCUT2D eigenvalue weighted by molar-refractivity contribution is 9.10. The van der Waals surface area contributed by atoms with Crippen molar-refractivity contribution in [1.29, 1.82) is 0 Å². The van der Waals surface area contributed by atoms with Gasteiger partial charge in [0.1, 0.15) is 6.61 Å². The summed E-state index contributed by atoms with van der Waals surface area (Å²) < 4.78 is 6.24. The molecular formula is C13H11BrO2S. The smallest absolute Gasteiger partial charge is 0.199 e. The van der Waals surface area contributed by atoms with E-state index in [2.05, 4.69) is 15.9 Å². The van der Waals surface area contributed by atoms with E-state index in [9.17, 15) is 4.79 Å². The molecule has 0 aliphatic heterocycles. The van der Waals surface area contributed by atoms with Crippen LogP contribution >= 0.6 is 27.3 Å². The van der Waals surface area contributed by atoms with E-state index in [4.69, 9.17) is 4.74 Å². The molecule has 0 fully saturated rings. The minimum absolute atomic E-state index is 0.0165. The molecule has 2 rings (SSSR count). The molecule has 2 aromatic rings. The molecule has 0 saturated carbocycles. The van der Waals surface area contributed by atoms with E-state index in [1.807, 2.05) is 41.8 Å². The van der Waals surface area contributed by atoms with Gasteiger partial charge in [-0.2, -0.15) is 0 Å². The highest BCUT2D eigenvalue weighted by atomic mass is 79.9. The predicted molar refractivity (Wildman–Crippen MR) is 72.4 cm³/mol. The van der Waals surface area contributed by atoms with Gasteiger partial charge in [-0.3, -0.25) is 4.79 Å². The van der Waals surface area contributed by atoms with Gasteiger partial charge in [0.05, 0.1) is 11.5 Å². The zero-order chi connectivity index (χ0) is 12.1. The molecule has 2 nitrogen and oxygen atoms in total. The normalized spacial score (nSPS) is 10.4. The molecule has 17 heavy (non-hydrogen) atoms. The number of carbonyl (C=O) groups is 1. The first-order valence-electron chi connectivity index (χ1n) is 5.15. The fourth-order valence-electron chi connectivity index (χ4n) is 1.39. The van der Waals surface area contributed by atoms with Crippen molar-refractivity contribution < 1.29 is 9.53 Å². The molecule has 0 saturated heterocycles. The monoisotopic (exact) mass is 310 g/mol. The number of rotatable bonds is 5. The number of ketones is 1. The molecule has 0 aliphatic rings. The number of Topliss-reactive ketones (excluding diaryl/α,β-unsaturated/α-hetero) is 1. The van der Waals surface area contributed by atoms with Crippen molar-refractivity contribution in [3.8, 4) is 0 Å². The van der Waals surface area contributed by atoms with Crippen molar-refractivity contribution in [2.75, 3.05) is 6.61 Å². The summed E-state index contributed by atoms with van der Waals surface area (Å²) in [5.74, 6) is 0.0165. The lowest BCUT2D eigenvalue weighted by Crippen LogP contribution is -2.07. The molecule has 0 amide bonds. The number of ether oxygens (including phenoxy) is 1. The summed E-state index contributed by atoms with van der Waals surface area (Å²) in [5.41, 5.74) is 1.07. The second-order valence-corrected chi connectivity index (χ2v) is 5.27. The number of hydrogen-bond donors (Lipinski definition) is 0. The summed E-state index contributed by atoms with van der Waals surface area (Å²) in [6, 6.07) is 11.7. The third-order valence-corrected chi connectivity index (χ3v) is 4.09. The maximum absolute atomic E-state index is 11.8. The molecule has 0 unspecified atom stereocenters. The van der Waals surface area contributed by atoms with E-state index in [1.54, 1.807) is 0 Å². The Morgan fingerprint density at radius 3 is 2.65 bits per heavy atom. The molecule has 0 bridgehead atoms. The lowest BCUT2D eigenvalue weighted by molar-refractivity contribution is 0.0730. The summed E-state index contributed by atoms with van der Waals surface area (Å²) in [4.78, 5) is 12.5. The van der Waals surface area contributed by atoms with E-state index >= 15 is 0 Å². The Kier molecular flexibility index (Phi) is 4.48. The van der Waals surface area contributed by atoms with Crippen LogP contribution < -0.4 is 0 Å². The predicted octanol–water partition coefficient (Wildman–Crippen LogP) is 3.91. The Labute approximate surface area is 112 Å². The van der Waals surface area contributed by atoms with Crippen molar-refractivity contribution in [3.63, 3.8) is 0 Å². The minimum atomic E-state index is 0.0165. The number of carbonyl (C=O) groups excluding carboxylic acids is 1. The minimum Gasteiger partial charge on any atom is -0.369 e. The zero-order valence-corrected chi connectivity index (χ0v) is 11.5. The van der Waals surface area contributed by atoms with E-state index in [0.717, 1.165) is 14.9 Å². The Balaban J connectivity index is 1.84. The van der Waals surface area contributed by atoms with Gasteiger partial charge in [0.15, 0.2) is 5.78 Å². The molecule has 1 aromatic carbocycles. The molecule has 1 aromatic heterocycles. The molecule has 88 valence electrons. The summed E-state index contributed by atoms with van der Waals surface area (Å²) in [6.45, 7) is 0.587.